The van der Waals surface area contributed by atoms with Crippen molar-refractivity contribution in [1.29, 1.82) is 0 Å². The maximum Gasteiger partial charge on any atom is 0.573 e. The lowest BCUT2D eigenvalue weighted by Gasteiger charge is -2.59. The van der Waals surface area contributed by atoms with Crippen molar-refractivity contribution in [2.24, 2.45) is 11.3 Å². The van der Waals surface area contributed by atoms with Crippen molar-refractivity contribution in [3.8, 4) is 5.75 Å². The topological polar surface area (TPSA) is 47.6 Å². The van der Waals surface area contributed by atoms with Crippen LogP contribution in [0.2, 0.25) is 0 Å². The Bertz CT molecular complexity index is 990. The molecule has 2 fully saturated rings. The molecule has 1 saturated heterocycles. The van der Waals surface area contributed by atoms with Crippen molar-refractivity contribution in [2.75, 3.05) is 20.2 Å². The number of rotatable bonds is 3. The maximum absolute atomic E-state index is 13.1. The highest BCUT2D eigenvalue weighted by atomic mass is 19.4. The minimum absolute atomic E-state index is 0.0412. The number of fused-ring (bicyclic) bond motifs is 1. The quantitative estimate of drug-likeness (QED) is 0.763. The largest absolute Gasteiger partial charge is 0.573 e. The lowest BCUT2D eigenvalue weighted by atomic mass is 9.42. The maximum atomic E-state index is 13.1. The molecule has 4 nitrogen and oxygen atoms in total. The Labute approximate surface area is 172 Å². The molecule has 1 N–H and O–H groups in total. The summed E-state index contributed by atoms with van der Waals surface area (Å²) in [5, 5.41) is 3.42. The first-order valence-electron chi connectivity index (χ1n) is 10.1. The summed E-state index contributed by atoms with van der Waals surface area (Å²) in [7, 11) is 1.43. The van der Waals surface area contributed by atoms with Crippen LogP contribution in [0.25, 0.3) is 0 Å². The number of esters is 1. The minimum Gasteiger partial charge on any atom is -0.469 e. The van der Waals surface area contributed by atoms with Crippen molar-refractivity contribution in [3.63, 3.8) is 0 Å². The molecule has 4 unspecified atom stereocenters. The minimum atomic E-state index is -4.73. The predicted octanol–water partition coefficient (Wildman–Crippen LogP) is 4.14. The molecule has 2 bridgehead atoms. The van der Waals surface area contributed by atoms with Gasteiger partial charge in [0, 0.05) is 30.3 Å². The fraction of sp³-hybridized carbons (Fsp3) is 0.435. The Kier molecular flexibility index (Phi) is 4.19. The van der Waals surface area contributed by atoms with Crippen LogP contribution in [0.3, 0.4) is 0 Å². The highest BCUT2D eigenvalue weighted by Crippen LogP contribution is 2.68. The third-order valence-corrected chi connectivity index (χ3v) is 7.42. The second-order valence-electron chi connectivity index (χ2n) is 8.44. The summed E-state index contributed by atoms with van der Waals surface area (Å²) in [5.41, 5.74) is 2.07. The van der Waals surface area contributed by atoms with E-state index in [1.807, 2.05) is 12.1 Å². The summed E-state index contributed by atoms with van der Waals surface area (Å²) in [4.78, 5) is 13.1. The molecule has 1 saturated carbocycles. The number of alkyl halides is 3. The molecule has 1 aliphatic heterocycles. The van der Waals surface area contributed by atoms with Gasteiger partial charge in [0.1, 0.15) is 5.75 Å². The van der Waals surface area contributed by atoms with Gasteiger partial charge in [-0.15, -0.1) is 13.2 Å². The van der Waals surface area contributed by atoms with Crippen molar-refractivity contribution in [2.45, 2.75) is 30.5 Å². The molecule has 2 aromatic rings. The molecule has 30 heavy (non-hydrogen) atoms. The van der Waals surface area contributed by atoms with Crippen LogP contribution in [0.4, 0.5) is 13.2 Å². The number of halogens is 3. The van der Waals surface area contributed by atoms with Gasteiger partial charge < -0.3 is 14.8 Å². The van der Waals surface area contributed by atoms with Gasteiger partial charge in [-0.05, 0) is 41.7 Å². The SMILES string of the molecule is COC(=O)C12CNCC1C1(c3ccc(OC(F)(F)F)cc3)CCC2c2ccccc21. The van der Waals surface area contributed by atoms with E-state index in [4.69, 9.17) is 4.74 Å². The van der Waals surface area contributed by atoms with Crippen LogP contribution in [0, 0.1) is 11.3 Å². The fourth-order valence-electron chi connectivity index (χ4n) is 6.48. The third kappa shape index (κ3) is 2.47. The monoisotopic (exact) mass is 417 g/mol. The number of hydrogen-bond acceptors (Lipinski definition) is 4. The van der Waals surface area contributed by atoms with Gasteiger partial charge in [0.25, 0.3) is 0 Å². The first-order chi connectivity index (χ1) is 14.3. The van der Waals surface area contributed by atoms with E-state index in [1.54, 1.807) is 12.1 Å². The molecule has 0 aromatic heterocycles. The van der Waals surface area contributed by atoms with Crippen LogP contribution in [0.15, 0.2) is 48.5 Å². The first kappa shape index (κ1) is 19.4. The van der Waals surface area contributed by atoms with Crippen LogP contribution in [0.5, 0.6) is 5.75 Å². The zero-order chi connectivity index (χ0) is 21.1. The lowest BCUT2D eigenvalue weighted by Crippen LogP contribution is -2.60. The Morgan fingerprint density at radius 3 is 2.57 bits per heavy atom. The van der Waals surface area contributed by atoms with E-state index < -0.39 is 17.2 Å². The summed E-state index contributed by atoms with van der Waals surface area (Å²) in [6.07, 6.45) is -3.07. The van der Waals surface area contributed by atoms with E-state index in [0.29, 0.717) is 13.1 Å². The van der Waals surface area contributed by atoms with Gasteiger partial charge in [-0.2, -0.15) is 0 Å². The molecule has 158 valence electrons. The van der Waals surface area contributed by atoms with Gasteiger partial charge >= 0.3 is 12.3 Å². The summed E-state index contributed by atoms with van der Waals surface area (Å²) in [6.45, 7) is 1.20. The number of nitrogens with one attached hydrogen (secondary N) is 1. The summed E-state index contributed by atoms with van der Waals surface area (Å²) in [6, 6.07) is 14.3. The lowest BCUT2D eigenvalue weighted by molar-refractivity contribution is -0.274. The van der Waals surface area contributed by atoms with Crippen LogP contribution in [0.1, 0.15) is 35.4 Å². The third-order valence-electron chi connectivity index (χ3n) is 7.42. The zero-order valence-corrected chi connectivity index (χ0v) is 16.5. The zero-order valence-electron chi connectivity index (χ0n) is 16.5. The molecule has 3 aliphatic carbocycles. The normalized spacial score (nSPS) is 31.7. The van der Waals surface area contributed by atoms with E-state index in [-0.39, 0.29) is 23.6 Å². The molecule has 0 amide bonds. The molecule has 4 aliphatic rings. The molecule has 0 spiro atoms. The molecular formula is C23H22F3NO3. The first-order valence-corrected chi connectivity index (χ1v) is 10.1. The average molecular weight is 417 g/mol. The van der Waals surface area contributed by atoms with Crippen molar-refractivity contribution in [1.82, 2.24) is 5.32 Å². The predicted molar refractivity (Wildman–Crippen MR) is 103 cm³/mol. The molecule has 1 heterocycles. The van der Waals surface area contributed by atoms with Crippen LogP contribution in [-0.2, 0) is 14.9 Å². The van der Waals surface area contributed by atoms with E-state index >= 15 is 0 Å². The number of carbonyl (C=O) groups excluding carboxylic acids is 1. The highest BCUT2D eigenvalue weighted by Gasteiger charge is 2.69. The van der Waals surface area contributed by atoms with Crippen LogP contribution in [-0.4, -0.2) is 32.5 Å². The van der Waals surface area contributed by atoms with Gasteiger partial charge in [-0.3, -0.25) is 4.79 Å². The summed E-state index contributed by atoms with van der Waals surface area (Å²) in [5.74, 6) is -0.432. The number of carbonyl (C=O) groups is 1. The van der Waals surface area contributed by atoms with Crippen LogP contribution >= 0.6 is 0 Å². The highest BCUT2D eigenvalue weighted by molar-refractivity contribution is 5.82. The molecule has 6 rings (SSSR count). The number of hydrogen-bond donors (Lipinski definition) is 1. The van der Waals surface area contributed by atoms with E-state index in [9.17, 15) is 18.0 Å². The second kappa shape index (κ2) is 6.48. The van der Waals surface area contributed by atoms with Gasteiger partial charge in [-0.25, -0.2) is 0 Å². The average Bonchev–Trinajstić information content (AvgIpc) is 3.21. The fourth-order valence-corrected chi connectivity index (χ4v) is 6.48. The van der Waals surface area contributed by atoms with E-state index in [2.05, 4.69) is 22.2 Å². The molecule has 0 radical (unpaired) electrons. The second-order valence-corrected chi connectivity index (χ2v) is 8.44. The standard InChI is InChI=1S/C23H22F3NO3/c1-29-20(28)22-13-27-12-19(22)21(11-10-18(22)16-4-2-3-5-17(16)21)14-6-8-15(9-7-14)30-23(24,25)26/h2-9,18-19,27H,10-13H2,1H3. The summed E-state index contributed by atoms with van der Waals surface area (Å²) < 4.78 is 47.2. The van der Waals surface area contributed by atoms with Gasteiger partial charge in [0.2, 0.25) is 0 Å². The molecular weight excluding hydrogens is 395 g/mol. The molecule has 7 heteroatoms. The smallest absolute Gasteiger partial charge is 0.469 e. The number of methoxy groups -OCH3 is 1. The van der Waals surface area contributed by atoms with Crippen LogP contribution < -0.4 is 10.1 Å². The Hall–Kier alpha value is -2.54. The Balaban J connectivity index is 1.69. The summed E-state index contributed by atoms with van der Waals surface area (Å²) >= 11 is 0. The van der Waals surface area contributed by atoms with Gasteiger partial charge in [-0.1, -0.05) is 36.4 Å². The molecule has 4 atom stereocenters. The van der Waals surface area contributed by atoms with Gasteiger partial charge in [0.05, 0.1) is 12.5 Å². The van der Waals surface area contributed by atoms with Crippen molar-refractivity contribution in [3.05, 3.63) is 65.2 Å². The number of benzene rings is 2. The van der Waals surface area contributed by atoms with Crippen molar-refractivity contribution >= 4 is 5.97 Å². The Morgan fingerprint density at radius 1 is 1.13 bits per heavy atom. The van der Waals surface area contributed by atoms with Crippen molar-refractivity contribution < 1.29 is 27.4 Å². The Morgan fingerprint density at radius 2 is 1.87 bits per heavy atom. The van der Waals surface area contributed by atoms with E-state index in [1.165, 1.54) is 24.8 Å². The number of ether oxygens (including phenoxy) is 2. The molecule has 2 aromatic carbocycles. The van der Waals surface area contributed by atoms with E-state index in [0.717, 1.165) is 24.0 Å². The van der Waals surface area contributed by atoms with Gasteiger partial charge in [0.15, 0.2) is 0 Å².